The van der Waals surface area contributed by atoms with Crippen LogP contribution in [0.5, 0.6) is 0 Å². The van der Waals surface area contributed by atoms with Crippen molar-refractivity contribution >= 4 is 5.91 Å². The van der Waals surface area contributed by atoms with Gasteiger partial charge in [-0.1, -0.05) is 0 Å². The number of aryl methyl sites for hydroxylation is 1. The van der Waals surface area contributed by atoms with Crippen LogP contribution in [0.25, 0.3) is 0 Å². The van der Waals surface area contributed by atoms with Crippen molar-refractivity contribution in [2.75, 3.05) is 13.1 Å². The number of hydrogen-bond donors (Lipinski definition) is 0. The Hall–Kier alpha value is -2.72. The molecule has 4 rings (SSSR count). The maximum atomic E-state index is 13.9. The number of alkyl halides is 2. The largest absolute Gasteiger partial charge is 0.346 e. The molecule has 0 saturated carbocycles. The first kappa shape index (κ1) is 19.6. The molecule has 1 unspecified atom stereocenters. The predicted octanol–water partition coefficient (Wildman–Crippen LogP) is 2.26. The number of likely N-dealkylation sites (tertiary alicyclic amines) is 1. The minimum atomic E-state index is -2.95. The third kappa shape index (κ3) is 3.53. The van der Waals surface area contributed by atoms with Gasteiger partial charge in [0.2, 0.25) is 5.91 Å². The summed E-state index contributed by atoms with van der Waals surface area (Å²) in [7, 11) is 0. The van der Waals surface area contributed by atoms with Gasteiger partial charge < -0.3 is 4.90 Å². The second kappa shape index (κ2) is 6.96. The quantitative estimate of drug-likeness (QED) is 0.570. The molecule has 1 atom stereocenters. The Labute approximate surface area is 161 Å². The third-order valence-electron chi connectivity index (χ3n) is 5.31. The van der Waals surface area contributed by atoms with Gasteiger partial charge in [-0.15, -0.1) is 0 Å². The summed E-state index contributed by atoms with van der Waals surface area (Å²) < 4.78 is 69.4. The van der Waals surface area contributed by atoms with Crippen molar-refractivity contribution in [2.24, 2.45) is 0 Å². The predicted molar refractivity (Wildman–Crippen MR) is 90.0 cm³/mol. The second-order valence-corrected chi connectivity index (χ2v) is 7.36. The third-order valence-corrected chi connectivity index (χ3v) is 5.31. The van der Waals surface area contributed by atoms with Crippen LogP contribution in [-0.2, 0) is 17.8 Å². The SMILES string of the molecule is O=C(C1CCCc2nn(Cc3cc(F)c(F)cc3F)c(=O)n21)N1CCC(F)(F)C1. The lowest BCUT2D eigenvalue weighted by Crippen LogP contribution is -2.42. The molecule has 1 aromatic heterocycles. The van der Waals surface area contributed by atoms with E-state index in [4.69, 9.17) is 0 Å². The molecule has 3 heterocycles. The first-order chi connectivity index (χ1) is 13.7. The number of fused-ring (bicyclic) bond motifs is 1. The van der Waals surface area contributed by atoms with Crippen LogP contribution in [-0.4, -0.2) is 44.2 Å². The standard InChI is InChI=1S/C18H17F5N4O2/c19-11-7-13(21)12(20)6-10(11)8-26-17(29)27-14(2-1-3-15(27)24-26)16(28)25-5-4-18(22,23)9-25/h6-7,14H,1-5,8-9H2. The van der Waals surface area contributed by atoms with Gasteiger partial charge in [0.25, 0.3) is 5.92 Å². The Morgan fingerprint density at radius 1 is 1.17 bits per heavy atom. The molecule has 1 amide bonds. The Morgan fingerprint density at radius 2 is 1.90 bits per heavy atom. The molecule has 2 aliphatic heterocycles. The minimum Gasteiger partial charge on any atom is -0.335 e. The first-order valence-electron chi connectivity index (χ1n) is 9.14. The lowest BCUT2D eigenvalue weighted by Gasteiger charge is -2.27. The molecule has 0 N–H and O–H groups in total. The highest BCUT2D eigenvalue weighted by atomic mass is 19.3. The zero-order valence-corrected chi connectivity index (χ0v) is 15.2. The number of benzene rings is 1. The number of hydrogen-bond acceptors (Lipinski definition) is 3. The van der Waals surface area contributed by atoms with E-state index in [0.29, 0.717) is 31.4 Å². The van der Waals surface area contributed by atoms with E-state index in [1.54, 1.807) is 0 Å². The van der Waals surface area contributed by atoms with E-state index in [-0.39, 0.29) is 17.9 Å². The van der Waals surface area contributed by atoms with E-state index in [0.717, 1.165) is 14.1 Å². The van der Waals surface area contributed by atoms with E-state index in [9.17, 15) is 31.5 Å². The molecule has 1 aromatic carbocycles. The maximum absolute atomic E-state index is 13.9. The van der Waals surface area contributed by atoms with E-state index in [1.165, 1.54) is 0 Å². The van der Waals surface area contributed by atoms with Crippen LogP contribution < -0.4 is 5.69 Å². The normalized spacial score (nSPS) is 20.7. The molecule has 2 aromatic rings. The molecule has 29 heavy (non-hydrogen) atoms. The molecule has 0 spiro atoms. The molecule has 156 valence electrons. The Balaban J connectivity index is 1.64. The first-order valence-corrected chi connectivity index (χ1v) is 9.14. The molecule has 1 fully saturated rings. The van der Waals surface area contributed by atoms with Crippen molar-refractivity contribution in [2.45, 2.75) is 44.2 Å². The summed E-state index contributed by atoms with van der Waals surface area (Å²) in [5.41, 5.74) is -1.00. The maximum Gasteiger partial charge on any atom is 0.346 e. The van der Waals surface area contributed by atoms with Crippen LogP contribution in [0, 0.1) is 17.5 Å². The van der Waals surface area contributed by atoms with Gasteiger partial charge in [-0.25, -0.2) is 31.4 Å². The fourth-order valence-electron chi connectivity index (χ4n) is 3.85. The molecule has 0 aliphatic carbocycles. The van der Waals surface area contributed by atoms with Crippen LogP contribution in [0.3, 0.4) is 0 Å². The highest BCUT2D eigenvalue weighted by molar-refractivity contribution is 5.81. The topological polar surface area (TPSA) is 60.1 Å². The van der Waals surface area contributed by atoms with Crippen molar-refractivity contribution in [3.8, 4) is 0 Å². The van der Waals surface area contributed by atoms with Crippen molar-refractivity contribution in [3.63, 3.8) is 0 Å². The lowest BCUT2D eigenvalue weighted by molar-refractivity contribution is -0.135. The molecule has 1 saturated heterocycles. The van der Waals surface area contributed by atoms with Crippen molar-refractivity contribution in [1.29, 1.82) is 0 Å². The number of halogens is 5. The number of aromatic nitrogens is 3. The van der Waals surface area contributed by atoms with Crippen LogP contribution in [0.1, 0.15) is 36.7 Å². The number of carbonyl (C=O) groups is 1. The zero-order chi connectivity index (χ0) is 20.9. The van der Waals surface area contributed by atoms with Gasteiger partial charge in [-0.2, -0.15) is 5.10 Å². The van der Waals surface area contributed by atoms with Gasteiger partial charge in [-0.05, 0) is 18.9 Å². The van der Waals surface area contributed by atoms with E-state index < -0.39 is 60.5 Å². The van der Waals surface area contributed by atoms with Gasteiger partial charge >= 0.3 is 5.69 Å². The summed E-state index contributed by atoms with van der Waals surface area (Å²) in [4.78, 5) is 26.6. The van der Waals surface area contributed by atoms with Crippen molar-refractivity contribution in [3.05, 3.63) is 51.5 Å². The average Bonchev–Trinajstić information content (AvgIpc) is 3.18. The lowest BCUT2D eigenvalue weighted by atomic mass is 10.0. The Bertz CT molecular complexity index is 1030. The highest BCUT2D eigenvalue weighted by Gasteiger charge is 2.43. The molecular formula is C18H17F5N4O2. The van der Waals surface area contributed by atoms with Crippen molar-refractivity contribution in [1.82, 2.24) is 19.2 Å². The Kier molecular flexibility index (Phi) is 4.70. The van der Waals surface area contributed by atoms with Crippen LogP contribution in [0.15, 0.2) is 16.9 Å². The summed E-state index contributed by atoms with van der Waals surface area (Å²) in [6, 6.07) is 0.0550. The number of carbonyl (C=O) groups excluding carboxylic acids is 1. The molecule has 6 nitrogen and oxygen atoms in total. The highest BCUT2D eigenvalue weighted by Crippen LogP contribution is 2.31. The molecule has 11 heteroatoms. The fraction of sp³-hybridized carbons (Fsp3) is 0.500. The monoisotopic (exact) mass is 416 g/mol. The zero-order valence-electron chi connectivity index (χ0n) is 15.2. The van der Waals surface area contributed by atoms with Gasteiger partial charge in [0.1, 0.15) is 17.7 Å². The summed E-state index contributed by atoms with van der Waals surface area (Å²) in [6.45, 7) is -1.24. The van der Waals surface area contributed by atoms with Crippen LogP contribution in [0.2, 0.25) is 0 Å². The summed E-state index contributed by atoms with van der Waals surface area (Å²) in [5.74, 6) is -6.91. The second-order valence-electron chi connectivity index (χ2n) is 7.36. The van der Waals surface area contributed by atoms with Gasteiger partial charge in [-0.3, -0.25) is 9.36 Å². The average molecular weight is 416 g/mol. The van der Waals surface area contributed by atoms with Gasteiger partial charge in [0.05, 0.1) is 13.1 Å². The number of amides is 1. The van der Waals surface area contributed by atoms with E-state index in [2.05, 4.69) is 5.10 Å². The molecule has 0 radical (unpaired) electrons. The van der Waals surface area contributed by atoms with Crippen molar-refractivity contribution < 1.29 is 26.7 Å². The molecular weight excluding hydrogens is 399 g/mol. The van der Waals surface area contributed by atoms with E-state index in [1.807, 2.05) is 0 Å². The Morgan fingerprint density at radius 3 is 2.59 bits per heavy atom. The van der Waals surface area contributed by atoms with Crippen LogP contribution in [0.4, 0.5) is 22.0 Å². The van der Waals surface area contributed by atoms with Crippen LogP contribution >= 0.6 is 0 Å². The smallest absolute Gasteiger partial charge is 0.335 e. The number of nitrogens with zero attached hydrogens (tertiary/aromatic N) is 4. The molecule has 0 bridgehead atoms. The van der Waals surface area contributed by atoms with Gasteiger partial charge in [0, 0.05) is 31.0 Å². The summed E-state index contributed by atoms with van der Waals surface area (Å²) in [6.07, 6.45) is 0.764. The fourth-order valence-corrected chi connectivity index (χ4v) is 3.85. The summed E-state index contributed by atoms with van der Waals surface area (Å²) >= 11 is 0. The van der Waals surface area contributed by atoms with E-state index >= 15 is 0 Å². The number of rotatable bonds is 3. The summed E-state index contributed by atoms with van der Waals surface area (Å²) in [5, 5.41) is 4.09. The van der Waals surface area contributed by atoms with Gasteiger partial charge in [0.15, 0.2) is 11.6 Å². The molecule has 2 aliphatic rings. The minimum absolute atomic E-state index is 0.0966.